The predicted molar refractivity (Wildman–Crippen MR) is 120 cm³/mol. The Bertz CT molecular complexity index is 1090. The zero-order chi connectivity index (χ0) is 22.8. The maximum atomic E-state index is 13.4. The third-order valence-electron chi connectivity index (χ3n) is 5.93. The van der Waals surface area contributed by atoms with E-state index in [2.05, 4.69) is 10.2 Å². The number of carbonyl (C=O) groups excluding carboxylic acids is 2. The number of benzene rings is 2. The van der Waals surface area contributed by atoms with Crippen molar-refractivity contribution in [1.29, 1.82) is 0 Å². The van der Waals surface area contributed by atoms with Gasteiger partial charge < -0.3 is 24.3 Å². The molecule has 3 aliphatic heterocycles. The quantitative estimate of drug-likeness (QED) is 0.639. The number of ether oxygens (including phenoxy) is 4. The first-order valence-corrected chi connectivity index (χ1v) is 10.9. The summed E-state index contributed by atoms with van der Waals surface area (Å²) in [5.41, 5.74) is 1.86. The normalized spacial score (nSPS) is 18.3. The molecule has 0 aromatic heterocycles. The molecular formula is C24H25N3O6. The van der Waals surface area contributed by atoms with Crippen LogP contribution < -0.4 is 19.5 Å². The molecule has 0 atom stereocenters. The number of nitrogens with one attached hydrogen (secondary N) is 1. The number of fused-ring (bicyclic) bond motifs is 1. The van der Waals surface area contributed by atoms with Crippen molar-refractivity contribution in [2.75, 3.05) is 58.6 Å². The van der Waals surface area contributed by atoms with Crippen LogP contribution >= 0.6 is 0 Å². The first-order valence-electron chi connectivity index (χ1n) is 10.9. The monoisotopic (exact) mass is 451 g/mol. The van der Waals surface area contributed by atoms with Gasteiger partial charge in [-0.15, -0.1) is 0 Å². The number of carbonyl (C=O) groups is 2. The number of nitrogens with zero attached hydrogens (tertiary/aromatic N) is 2. The molecule has 2 amide bonds. The van der Waals surface area contributed by atoms with Gasteiger partial charge in [-0.2, -0.15) is 0 Å². The summed E-state index contributed by atoms with van der Waals surface area (Å²) in [6.07, 6.45) is 0. The number of hydrogen-bond acceptors (Lipinski definition) is 8. The summed E-state index contributed by atoms with van der Waals surface area (Å²) < 4.78 is 21.4. The zero-order valence-corrected chi connectivity index (χ0v) is 18.3. The van der Waals surface area contributed by atoms with Crippen LogP contribution in [0.1, 0.15) is 5.56 Å². The molecule has 172 valence electrons. The van der Waals surface area contributed by atoms with Crippen molar-refractivity contribution in [3.05, 3.63) is 53.7 Å². The van der Waals surface area contributed by atoms with E-state index in [-0.39, 0.29) is 24.3 Å². The van der Waals surface area contributed by atoms with Crippen molar-refractivity contribution < 1.29 is 28.5 Å². The second-order valence-electron chi connectivity index (χ2n) is 7.89. The average Bonchev–Trinajstić information content (AvgIpc) is 3.41. The van der Waals surface area contributed by atoms with Crippen LogP contribution in [0.15, 0.2) is 48.2 Å². The molecule has 2 aromatic carbocycles. The second-order valence-corrected chi connectivity index (χ2v) is 7.89. The van der Waals surface area contributed by atoms with Gasteiger partial charge in [0, 0.05) is 37.9 Å². The van der Waals surface area contributed by atoms with Crippen LogP contribution in [0.4, 0.5) is 5.69 Å². The maximum Gasteiger partial charge on any atom is 0.278 e. The van der Waals surface area contributed by atoms with Crippen LogP contribution in [0.5, 0.6) is 17.2 Å². The van der Waals surface area contributed by atoms with Crippen LogP contribution in [0.3, 0.4) is 0 Å². The van der Waals surface area contributed by atoms with E-state index >= 15 is 0 Å². The van der Waals surface area contributed by atoms with Crippen molar-refractivity contribution in [3.8, 4) is 17.2 Å². The van der Waals surface area contributed by atoms with Crippen molar-refractivity contribution in [3.63, 3.8) is 0 Å². The molecule has 0 saturated carbocycles. The average molecular weight is 451 g/mol. The largest absolute Gasteiger partial charge is 0.497 e. The lowest BCUT2D eigenvalue weighted by Crippen LogP contribution is -2.43. The maximum absolute atomic E-state index is 13.4. The molecule has 0 bridgehead atoms. The smallest absolute Gasteiger partial charge is 0.278 e. The van der Waals surface area contributed by atoms with Crippen molar-refractivity contribution in [2.24, 2.45) is 0 Å². The molecule has 0 radical (unpaired) electrons. The highest BCUT2D eigenvalue weighted by Crippen LogP contribution is 2.36. The third kappa shape index (κ3) is 4.24. The number of rotatable bonds is 7. The number of hydrogen-bond donors (Lipinski definition) is 1. The molecule has 1 saturated heterocycles. The molecule has 9 heteroatoms. The lowest BCUT2D eigenvalue weighted by molar-refractivity contribution is -0.137. The van der Waals surface area contributed by atoms with Gasteiger partial charge in [-0.25, -0.2) is 0 Å². The summed E-state index contributed by atoms with van der Waals surface area (Å²) in [4.78, 5) is 30.3. The van der Waals surface area contributed by atoms with E-state index in [9.17, 15) is 9.59 Å². The summed E-state index contributed by atoms with van der Waals surface area (Å²) in [5, 5.41) is 3.16. The topological polar surface area (TPSA) is 89.6 Å². The van der Waals surface area contributed by atoms with Gasteiger partial charge in [-0.3, -0.25) is 19.4 Å². The van der Waals surface area contributed by atoms with E-state index in [1.54, 1.807) is 49.6 Å². The molecule has 0 aliphatic carbocycles. The fourth-order valence-corrected chi connectivity index (χ4v) is 4.11. The lowest BCUT2D eigenvalue weighted by atomic mass is 10.0. The fourth-order valence-electron chi connectivity index (χ4n) is 4.11. The number of imide groups is 1. The molecular weight excluding hydrogens is 426 g/mol. The Hall–Kier alpha value is -3.56. The highest BCUT2D eigenvalue weighted by molar-refractivity contribution is 6.36. The van der Waals surface area contributed by atoms with Gasteiger partial charge in [0.25, 0.3) is 11.8 Å². The first-order chi connectivity index (χ1) is 16.1. The Balaban J connectivity index is 1.43. The highest BCUT2D eigenvalue weighted by atomic mass is 16.7. The number of methoxy groups -OCH3 is 1. The van der Waals surface area contributed by atoms with Gasteiger partial charge in [0.2, 0.25) is 6.79 Å². The van der Waals surface area contributed by atoms with Crippen LogP contribution in [-0.2, 0) is 14.3 Å². The molecule has 33 heavy (non-hydrogen) atoms. The third-order valence-corrected chi connectivity index (χ3v) is 5.93. The Labute approximate surface area is 191 Å². The first kappa shape index (κ1) is 21.3. The molecule has 2 aromatic rings. The molecule has 5 rings (SSSR count). The zero-order valence-electron chi connectivity index (χ0n) is 18.3. The van der Waals surface area contributed by atoms with Gasteiger partial charge in [0.05, 0.1) is 25.9 Å². The van der Waals surface area contributed by atoms with Gasteiger partial charge in [0.15, 0.2) is 11.5 Å². The summed E-state index contributed by atoms with van der Waals surface area (Å²) in [7, 11) is 1.58. The highest BCUT2D eigenvalue weighted by Gasteiger charge is 2.39. The van der Waals surface area contributed by atoms with Crippen molar-refractivity contribution in [1.82, 2.24) is 9.80 Å². The van der Waals surface area contributed by atoms with Gasteiger partial charge in [-0.05, 0) is 29.8 Å². The molecule has 1 fully saturated rings. The van der Waals surface area contributed by atoms with E-state index in [0.717, 1.165) is 13.1 Å². The Morgan fingerprint density at radius 3 is 2.45 bits per heavy atom. The number of anilines is 1. The van der Waals surface area contributed by atoms with Gasteiger partial charge >= 0.3 is 0 Å². The molecule has 1 N–H and O–H groups in total. The van der Waals surface area contributed by atoms with Crippen LogP contribution in [0.25, 0.3) is 5.57 Å². The van der Waals surface area contributed by atoms with E-state index in [0.29, 0.717) is 60.4 Å². The summed E-state index contributed by atoms with van der Waals surface area (Å²) >= 11 is 0. The summed E-state index contributed by atoms with van der Waals surface area (Å²) in [5.74, 6) is 1.24. The minimum atomic E-state index is -0.350. The standard InChI is InChI=1S/C24H25N3O6/c1-30-18-5-2-16(3-6-18)21-22(25-17-4-7-19-20(14-17)33-15-32-19)24(29)27(23(21)28)9-8-26-10-12-31-13-11-26/h2-7,14,25H,8-13,15H2,1H3. The fraction of sp³-hybridized carbons (Fsp3) is 0.333. The summed E-state index contributed by atoms with van der Waals surface area (Å²) in [6.45, 7) is 3.97. The van der Waals surface area contributed by atoms with Crippen molar-refractivity contribution >= 4 is 23.1 Å². The predicted octanol–water partition coefficient (Wildman–Crippen LogP) is 1.95. The van der Waals surface area contributed by atoms with Crippen LogP contribution in [0, 0.1) is 0 Å². The van der Waals surface area contributed by atoms with Crippen LogP contribution in [0.2, 0.25) is 0 Å². The molecule has 3 heterocycles. The Morgan fingerprint density at radius 1 is 0.939 bits per heavy atom. The van der Waals surface area contributed by atoms with Gasteiger partial charge in [0.1, 0.15) is 11.4 Å². The molecule has 0 spiro atoms. The van der Waals surface area contributed by atoms with E-state index in [1.807, 2.05) is 0 Å². The molecule has 0 unspecified atom stereocenters. The van der Waals surface area contributed by atoms with Gasteiger partial charge in [-0.1, -0.05) is 12.1 Å². The second kappa shape index (κ2) is 9.13. The molecule has 3 aliphatic rings. The van der Waals surface area contributed by atoms with E-state index in [4.69, 9.17) is 18.9 Å². The van der Waals surface area contributed by atoms with Crippen molar-refractivity contribution in [2.45, 2.75) is 0 Å². The Morgan fingerprint density at radius 2 is 1.70 bits per heavy atom. The minimum Gasteiger partial charge on any atom is -0.497 e. The molecule has 9 nitrogen and oxygen atoms in total. The summed E-state index contributed by atoms with van der Waals surface area (Å²) in [6, 6.07) is 12.4. The van der Waals surface area contributed by atoms with Crippen LogP contribution in [-0.4, -0.2) is 74.9 Å². The lowest BCUT2D eigenvalue weighted by Gasteiger charge is -2.28. The number of morpholine rings is 1. The Kier molecular flexibility index (Phi) is 5.89. The van der Waals surface area contributed by atoms with E-state index < -0.39 is 0 Å². The van der Waals surface area contributed by atoms with E-state index in [1.165, 1.54) is 4.90 Å². The number of amides is 2. The SMILES string of the molecule is COc1ccc(C2=C(Nc3ccc4c(c3)OCO4)C(=O)N(CCN3CCOCC3)C2=O)cc1. The minimum absolute atomic E-state index is 0.158.